The predicted octanol–water partition coefficient (Wildman–Crippen LogP) is 4.62. The molecule has 5 heterocycles. The van der Waals surface area contributed by atoms with E-state index in [9.17, 15) is 4.79 Å². The van der Waals surface area contributed by atoms with E-state index in [0.29, 0.717) is 5.56 Å². The summed E-state index contributed by atoms with van der Waals surface area (Å²) in [4.78, 5) is 26.8. The molecule has 1 aliphatic heterocycles. The molecule has 0 amide bonds. The number of benzene rings is 1. The zero-order valence-corrected chi connectivity index (χ0v) is 19.5. The Morgan fingerprint density at radius 3 is 2.85 bits per heavy atom. The van der Waals surface area contributed by atoms with E-state index >= 15 is 0 Å². The van der Waals surface area contributed by atoms with Crippen LogP contribution in [0.3, 0.4) is 0 Å². The number of nitrogens with one attached hydrogen (secondary N) is 1. The van der Waals surface area contributed by atoms with Crippen LogP contribution in [-0.2, 0) is 4.74 Å². The fourth-order valence-corrected chi connectivity index (χ4v) is 5.51. The first-order chi connectivity index (χ1) is 16.7. The number of thiazole rings is 1. The molecule has 1 fully saturated rings. The number of nitrogens with zero attached hydrogens (tertiary/aromatic N) is 5. The fraction of sp³-hybridized carbons (Fsp3) is 0.240. The number of pyridine rings is 1. The van der Waals surface area contributed by atoms with Crippen LogP contribution in [0.5, 0.6) is 0 Å². The molecule has 0 bridgehead atoms. The number of carbonyl (C=O) groups excluding carboxylic acids is 1. The van der Waals surface area contributed by atoms with Gasteiger partial charge in [0, 0.05) is 23.7 Å². The molecule has 1 saturated heterocycles. The van der Waals surface area contributed by atoms with Crippen LogP contribution >= 0.6 is 11.3 Å². The van der Waals surface area contributed by atoms with Gasteiger partial charge in [-0.05, 0) is 36.9 Å². The van der Waals surface area contributed by atoms with E-state index in [1.807, 2.05) is 46.5 Å². The maximum absolute atomic E-state index is 11.4. The van der Waals surface area contributed by atoms with Gasteiger partial charge in [0.1, 0.15) is 21.2 Å². The third-order valence-corrected chi connectivity index (χ3v) is 7.12. The van der Waals surface area contributed by atoms with E-state index in [2.05, 4.69) is 27.2 Å². The number of rotatable bonds is 5. The highest BCUT2D eigenvalue weighted by Gasteiger charge is 2.27. The first-order valence-corrected chi connectivity index (χ1v) is 12.1. The van der Waals surface area contributed by atoms with Gasteiger partial charge in [-0.25, -0.2) is 9.97 Å². The van der Waals surface area contributed by atoms with Gasteiger partial charge in [0.2, 0.25) is 6.23 Å². The van der Waals surface area contributed by atoms with Crippen molar-refractivity contribution in [1.82, 2.24) is 24.5 Å². The lowest BCUT2D eigenvalue weighted by Crippen LogP contribution is -2.43. The molecule has 170 valence electrons. The Morgan fingerprint density at radius 2 is 2.06 bits per heavy atom. The summed E-state index contributed by atoms with van der Waals surface area (Å²) in [5.74, 6) is 0.747. The number of aromatic nitrogens is 6. The minimum atomic E-state index is -0.0228. The number of ether oxygens (including phenoxy) is 1. The maximum atomic E-state index is 11.4. The Balaban J connectivity index is 1.50. The van der Waals surface area contributed by atoms with Crippen molar-refractivity contribution in [3.8, 4) is 32.7 Å². The molecular formula is C25H23N6O2S+. The number of imidazole rings is 1. The minimum absolute atomic E-state index is 0.0228. The number of hydrogen-bond donors (Lipinski definition) is 1. The molecule has 0 radical (unpaired) electrons. The lowest BCUT2D eigenvalue weighted by atomic mass is 10.1. The topological polar surface area (TPSA) is 89.1 Å². The Kier molecular flexibility index (Phi) is 5.27. The Morgan fingerprint density at radius 1 is 1.18 bits per heavy atom. The quantitative estimate of drug-likeness (QED) is 0.298. The molecule has 1 unspecified atom stereocenters. The van der Waals surface area contributed by atoms with Gasteiger partial charge in [0.25, 0.3) is 5.82 Å². The van der Waals surface area contributed by atoms with Crippen LogP contribution in [0.15, 0.2) is 55.0 Å². The molecule has 1 aliphatic rings. The molecule has 0 aliphatic carbocycles. The molecule has 4 aromatic heterocycles. The van der Waals surface area contributed by atoms with Crippen LogP contribution in [0.2, 0.25) is 0 Å². The Bertz CT molecular complexity index is 1480. The first kappa shape index (κ1) is 20.9. The van der Waals surface area contributed by atoms with Gasteiger partial charge in [-0.2, -0.15) is 5.10 Å². The van der Waals surface area contributed by atoms with Crippen molar-refractivity contribution in [1.29, 1.82) is 0 Å². The van der Waals surface area contributed by atoms with Crippen LogP contribution in [0.4, 0.5) is 0 Å². The van der Waals surface area contributed by atoms with Crippen LogP contribution < -0.4 is 4.68 Å². The third kappa shape index (κ3) is 3.63. The van der Waals surface area contributed by atoms with Crippen molar-refractivity contribution < 1.29 is 14.2 Å². The highest BCUT2D eigenvalue weighted by Crippen LogP contribution is 2.40. The van der Waals surface area contributed by atoms with Gasteiger partial charge >= 0.3 is 6.33 Å². The van der Waals surface area contributed by atoms with Crippen LogP contribution in [0.25, 0.3) is 38.3 Å². The van der Waals surface area contributed by atoms with Crippen molar-refractivity contribution in [2.75, 3.05) is 6.61 Å². The zero-order chi connectivity index (χ0) is 23.1. The number of aromatic amines is 1. The van der Waals surface area contributed by atoms with E-state index in [0.717, 1.165) is 76.2 Å². The molecule has 5 aromatic rings. The zero-order valence-electron chi connectivity index (χ0n) is 18.6. The Hall–Kier alpha value is -3.69. The summed E-state index contributed by atoms with van der Waals surface area (Å²) >= 11 is 1.56. The van der Waals surface area contributed by atoms with Crippen molar-refractivity contribution in [2.45, 2.75) is 32.4 Å². The number of aldehydes is 1. The highest BCUT2D eigenvalue weighted by atomic mass is 32.1. The molecule has 0 saturated carbocycles. The molecule has 6 rings (SSSR count). The highest BCUT2D eigenvalue weighted by molar-refractivity contribution is 7.18. The summed E-state index contributed by atoms with van der Waals surface area (Å²) in [7, 11) is 0. The largest absolute Gasteiger partial charge is 0.338 e. The monoisotopic (exact) mass is 471 g/mol. The number of aryl methyl sites for hydroxylation is 1. The fourth-order valence-electron chi connectivity index (χ4n) is 4.38. The Labute approximate surface area is 199 Å². The van der Waals surface area contributed by atoms with Gasteiger partial charge in [0.15, 0.2) is 6.29 Å². The van der Waals surface area contributed by atoms with Gasteiger partial charge in [-0.1, -0.05) is 30.3 Å². The molecule has 1 atom stereocenters. The molecule has 1 aromatic carbocycles. The molecule has 8 nitrogen and oxygen atoms in total. The molecule has 1 N–H and O–H groups in total. The van der Waals surface area contributed by atoms with Crippen molar-refractivity contribution >= 4 is 23.3 Å². The van der Waals surface area contributed by atoms with Gasteiger partial charge in [-0.15, -0.1) is 16.0 Å². The van der Waals surface area contributed by atoms with Crippen LogP contribution in [0, 0.1) is 6.92 Å². The summed E-state index contributed by atoms with van der Waals surface area (Å²) < 4.78 is 9.80. The lowest BCUT2D eigenvalue weighted by molar-refractivity contribution is -0.811. The van der Waals surface area contributed by atoms with E-state index in [4.69, 9.17) is 9.72 Å². The molecule has 34 heavy (non-hydrogen) atoms. The number of carbonyl (C=O) groups is 1. The average molecular weight is 472 g/mol. The lowest BCUT2D eigenvalue weighted by Gasteiger charge is -2.18. The number of H-pyrrole nitrogens is 1. The summed E-state index contributed by atoms with van der Waals surface area (Å²) in [6.07, 6.45) is 7.63. The SMILES string of the molecule is Cc1nc2ccc(C=O)cn2c1-c1nc(-c2ccccc2)c(-c2nc[n+](C3CCCCO3)[nH]2)s1. The smallest absolute Gasteiger partial charge is 0.309 e. The van der Waals surface area contributed by atoms with E-state index in [-0.39, 0.29) is 6.23 Å². The molecule has 0 spiro atoms. The second-order valence-electron chi connectivity index (χ2n) is 8.35. The van der Waals surface area contributed by atoms with E-state index < -0.39 is 0 Å². The standard InChI is InChI=1S/C25H22N6O2S/c1-16-22(30-13-17(14-32)10-11-19(30)27-16)25-28-21(18-7-3-2-4-8-18)23(34-25)24-26-15-31(29-24)20-9-5-6-12-33-20/h2-4,7-8,10-11,13-15,20H,5-6,9,12H2,1H3/p+1. The number of hydrogen-bond acceptors (Lipinski definition) is 6. The second kappa shape index (κ2) is 8.58. The molecular weight excluding hydrogens is 448 g/mol. The van der Waals surface area contributed by atoms with Crippen LogP contribution in [0.1, 0.15) is 41.5 Å². The van der Waals surface area contributed by atoms with Gasteiger partial charge < -0.3 is 4.74 Å². The minimum Gasteiger partial charge on any atom is -0.338 e. The normalized spacial score (nSPS) is 16.2. The summed E-state index contributed by atoms with van der Waals surface area (Å²) in [5.41, 5.74) is 4.96. The summed E-state index contributed by atoms with van der Waals surface area (Å²) in [6, 6.07) is 13.7. The predicted molar refractivity (Wildman–Crippen MR) is 128 cm³/mol. The van der Waals surface area contributed by atoms with Crippen LogP contribution in [-0.4, -0.2) is 37.3 Å². The second-order valence-corrected chi connectivity index (χ2v) is 9.35. The van der Waals surface area contributed by atoms with E-state index in [1.54, 1.807) is 23.7 Å². The maximum Gasteiger partial charge on any atom is 0.309 e. The molecule has 9 heteroatoms. The van der Waals surface area contributed by atoms with Gasteiger partial charge in [0.05, 0.1) is 18.0 Å². The average Bonchev–Trinajstić information content (AvgIpc) is 3.61. The van der Waals surface area contributed by atoms with E-state index in [1.165, 1.54) is 0 Å². The first-order valence-electron chi connectivity index (χ1n) is 11.3. The number of fused-ring (bicyclic) bond motifs is 1. The van der Waals surface area contributed by atoms with Crippen molar-refractivity contribution in [3.05, 3.63) is 66.2 Å². The summed E-state index contributed by atoms with van der Waals surface area (Å²) in [6.45, 7) is 2.73. The van der Waals surface area contributed by atoms with Gasteiger partial charge in [-0.3, -0.25) is 9.20 Å². The van der Waals surface area contributed by atoms with Crippen molar-refractivity contribution in [3.63, 3.8) is 0 Å². The third-order valence-electron chi connectivity index (χ3n) is 6.06. The summed E-state index contributed by atoms with van der Waals surface area (Å²) in [5, 5.41) is 4.24. The van der Waals surface area contributed by atoms with Crippen molar-refractivity contribution in [2.24, 2.45) is 0 Å².